The molecule has 0 saturated heterocycles. The SMILES string of the molecule is COc1cc(OC)c(OC)cc1/C=C/C(=O)c1c(Cl)n(Cc2ccc(Cl)cc2)c2ccccc12. The Bertz CT molecular complexity index is 1370. The van der Waals surface area contributed by atoms with Gasteiger partial charge in [0.1, 0.15) is 10.9 Å². The van der Waals surface area contributed by atoms with Gasteiger partial charge in [0, 0.05) is 28.6 Å². The van der Waals surface area contributed by atoms with E-state index in [0.29, 0.717) is 45.1 Å². The van der Waals surface area contributed by atoms with Gasteiger partial charge in [0.05, 0.1) is 32.4 Å². The molecule has 3 aromatic carbocycles. The first-order valence-electron chi connectivity index (χ1n) is 10.5. The van der Waals surface area contributed by atoms with E-state index in [2.05, 4.69) is 0 Å². The highest BCUT2D eigenvalue weighted by Gasteiger charge is 2.20. The molecule has 7 heteroatoms. The second-order valence-electron chi connectivity index (χ2n) is 7.54. The van der Waals surface area contributed by atoms with Gasteiger partial charge in [-0.1, -0.05) is 53.5 Å². The number of methoxy groups -OCH3 is 3. The van der Waals surface area contributed by atoms with Crippen LogP contribution in [0.2, 0.25) is 10.2 Å². The lowest BCUT2D eigenvalue weighted by atomic mass is 10.1. The lowest BCUT2D eigenvalue weighted by Crippen LogP contribution is -2.01. The molecular formula is C27H23Cl2NO4. The van der Waals surface area contributed by atoms with E-state index in [9.17, 15) is 4.79 Å². The first-order chi connectivity index (χ1) is 16.5. The molecule has 4 aromatic rings. The second-order valence-corrected chi connectivity index (χ2v) is 8.34. The second kappa shape index (κ2) is 10.2. The Labute approximate surface area is 208 Å². The summed E-state index contributed by atoms with van der Waals surface area (Å²) in [5, 5.41) is 1.83. The maximum atomic E-state index is 13.3. The molecule has 0 atom stereocenters. The van der Waals surface area contributed by atoms with Crippen molar-refractivity contribution in [1.29, 1.82) is 0 Å². The van der Waals surface area contributed by atoms with Crippen molar-refractivity contribution >= 4 is 46.0 Å². The molecule has 5 nitrogen and oxygen atoms in total. The molecule has 1 heterocycles. The number of para-hydroxylation sites is 1. The predicted octanol–water partition coefficient (Wildman–Crippen LogP) is 6.92. The minimum atomic E-state index is -0.215. The van der Waals surface area contributed by atoms with Crippen molar-refractivity contribution in [1.82, 2.24) is 4.57 Å². The van der Waals surface area contributed by atoms with Gasteiger partial charge in [-0.3, -0.25) is 4.79 Å². The number of nitrogens with zero attached hydrogens (tertiary/aromatic N) is 1. The van der Waals surface area contributed by atoms with Gasteiger partial charge in [0.25, 0.3) is 0 Å². The first-order valence-corrected chi connectivity index (χ1v) is 11.3. The van der Waals surface area contributed by atoms with Crippen LogP contribution in [0.1, 0.15) is 21.5 Å². The van der Waals surface area contributed by atoms with Gasteiger partial charge in [-0.25, -0.2) is 0 Å². The maximum Gasteiger partial charge on any atom is 0.189 e. The van der Waals surface area contributed by atoms with Crippen LogP contribution in [0.15, 0.2) is 66.7 Å². The van der Waals surface area contributed by atoms with E-state index in [0.717, 1.165) is 16.5 Å². The molecule has 0 saturated carbocycles. The molecular weight excluding hydrogens is 473 g/mol. The Hall–Kier alpha value is -3.41. The monoisotopic (exact) mass is 495 g/mol. The number of halogens is 2. The number of fused-ring (bicyclic) bond motifs is 1. The molecule has 0 aliphatic carbocycles. The maximum absolute atomic E-state index is 13.3. The number of carbonyl (C=O) groups excluding carboxylic acids is 1. The number of aromatic nitrogens is 1. The molecule has 0 spiro atoms. The van der Waals surface area contributed by atoms with Crippen LogP contribution in [-0.4, -0.2) is 31.7 Å². The van der Waals surface area contributed by atoms with Gasteiger partial charge in [-0.05, 0) is 42.0 Å². The van der Waals surface area contributed by atoms with Crippen LogP contribution in [0.25, 0.3) is 17.0 Å². The average Bonchev–Trinajstić information content (AvgIpc) is 3.14. The molecule has 0 aliphatic heterocycles. The highest BCUT2D eigenvalue weighted by Crippen LogP contribution is 2.36. The normalized spacial score (nSPS) is 11.2. The zero-order valence-corrected chi connectivity index (χ0v) is 20.5. The lowest BCUT2D eigenvalue weighted by molar-refractivity contribution is 0.104. The molecule has 0 aliphatic rings. The minimum Gasteiger partial charge on any atom is -0.496 e. The van der Waals surface area contributed by atoms with Crippen LogP contribution < -0.4 is 14.2 Å². The van der Waals surface area contributed by atoms with E-state index in [1.165, 1.54) is 6.08 Å². The molecule has 0 bridgehead atoms. The molecule has 0 amide bonds. The van der Waals surface area contributed by atoms with Crippen molar-refractivity contribution < 1.29 is 19.0 Å². The van der Waals surface area contributed by atoms with Crippen molar-refractivity contribution in [2.24, 2.45) is 0 Å². The number of benzene rings is 3. The zero-order chi connectivity index (χ0) is 24.2. The lowest BCUT2D eigenvalue weighted by Gasteiger charge is -2.12. The van der Waals surface area contributed by atoms with Crippen LogP contribution in [0.4, 0.5) is 0 Å². The van der Waals surface area contributed by atoms with E-state index in [1.54, 1.807) is 39.5 Å². The third-order valence-electron chi connectivity index (χ3n) is 5.56. The number of rotatable bonds is 8. The number of hydrogen-bond acceptors (Lipinski definition) is 4. The number of allylic oxidation sites excluding steroid dienone is 1. The summed E-state index contributed by atoms with van der Waals surface area (Å²) < 4.78 is 18.1. The van der Waals surface area contributed by atoms with Gasteiger partial charge in [-0.15, -0.1) is 0 Å². The van der Waals surface area contributed by atoms with E-state index in [4.69, 9.17) is 37.4 Å². The molecule has 1 aromatic heterocycles. The highest BCUT2D eigenvalue weighted by molar-refractivity contribution is 6.36. The summed E-state index contributed by atoms with van der Waals surface area (Å²) in [7, 11) is 4.66. The van der Waals surface area contributed by atoms with Gasteiger partial charge in [-0.2, -0.15) is 0 Å². The van der Waals surface area contributed by atoms with Crippen molar-refractivity contribution in [3.8, 4) is 17.2 Å². The topological polar surface area (TPSA) is 49.7 Å². The standard InChI is InChI=1S/C27H23Cl2NO4/c1-32-23-15-25(34-3)24(33-2)14-18(23)10-13-22(31)26-20-6-4-5-7-21(20)30(27(26)29)16-17-8-11-19(28)12-9-17/h4-15H,16H2,1-3H3/b13-10+. The van der Waals surface area contributed by atoms with Gasteiger partial charge in [0.2, 0.25) is 0 Å². The number of ketones is 1. The summed E-state index contributed by atoms with van der Waals surface area (Å²) >= 11 is 12.8. The Morgan fingerprint density at radius 3 is 2.21 bits per heavy atom. The van der Waals surface area contributed by atoms with E-state index >= 15 is 0 Å². The Balaban J connectivity index is 1.73. The molecule has 174 valence electrons. The Kier molecular flexibility index (Phi) is 7.15. The summed E-state index contributed by atoms with van der Waals surface area (Å²) in [6.45, 7) is 0.511. The Morgan fingerprint density at radius 1 is 0.882 bits per heavy atom. The fraction of sp³-hybridized carbons (Fsp3) is 0.148. The van der Waals surface area contributed by atoms with Crippen LogP contribution in [0.5, 0.6) is 17.2 Å². The van der Waals surface area contributed by atoms with Crippen molar-refractivity contribution in [2.75, 3.05) is 21.3 Å². The number of ether oxygens (including phenoxy) is 3. The number of carbonyl (C=O) groups is 1. The average molecular weight is 496 g/mol. The van der Waals surface area contributed by atoms with E-state index in [1.807, 2.05) is 53.1 Å². The largest absolute Gasteiger partial charge is 0.496 e. The van der Waals surface area contributed by atoms with Gasteiger partial charge in [0.15, 0.2) is 17.3 Å². The fourth-order valence-corrected chi connectivity index (χ4v) is 4.34. The Morgan fingerprint density at radius 2 is 1.53 bits per heavy atom. The van der Waals surface area contributed by atoms with Crippen LogP contribution in [-0.2, 0) is 6.54 Å². The molecule has 0 radical (unpaired) electrons. The summed E-state index contributed by atoms with van der Waals surface area (Å²) in [6.07, 6.45) is 3.18. The first kappa shape index (κ1) is 23.7. The van der Waals surface area contributed by atoms with E-state index < -0.39 is 0 Å². The van der Waals surface area contributed by atoms with Crippen LogP contribution >= 0.6 is 23.2 Å². The van der Waals surface area contributed by atoms with E-state index in [-0.39, 0.29) is 5.78 Å². The molecule has 34 heavy (non-hydrogen) atoms. The summed E-state index contributed by atoms with van der Waals surface area (Å²) in [4.78, 5) is 13.3. The van der Waals surface area contributed by atoms with Crippen molar-refractivity contribution in [2.45, 2.75) is 6.54 Å². The highest BCUT2D eigenvalue weighted by atomic mass is 35.5. The molecule has 0 N–H and O–H groups in total. The minimum absolute atomic E-state index is 0.215. The van der Waals surface area contributed by atoms with Gasteiger partial charge < -0.3 is 18.8 Å². The smallest absolute Gasteiger partial charge is 0.189 e. The third kappa shape index (κ3) is 4.63. The van der Waals surface area contributed by atoms with Gasteiger partial charge >= 0.3 is 0 Å². The van der Waals surface area contributed by atoms with Crippen LogP contribution in [0, 0.1) is 0 Å². The number of hydrogen-bond donors (Lipinski definition) is 0. The quantitative estimate of drug-likeness (QED) is 0.196. The third-order valence-corrected chi connectivity index (χ3v) is 6.20. The summed E-state index contributed by atoms with van der Waals surface area (Å²) in [5.41, 5.74) is 3.02. The van der Waals surface area contributed by atoms with Crippen molar-refractivity contribution in [3.63, 3.8) is 0 Å². The molecule has 0 unspecified atom stereocenters. The fourth-order valence-electron chi connectivity index (χ4n) is 3.87. The molecule has 0 fully saturated rings. The molecule has 4 rings (SSSR count). The van der Waals surface area contributed by atoms with Crippen molar-refractivity contribution in [3.05, 3.63) is 93.6 Å². The summed E-state index contributed by atoms with van der Waals surface area (Å²) in [5.74, 6) is 1.41. The van der Waals surface area contributed by atoms with Crippen LogP contribution in [0.3, 0.4) is 0 Å². The zero-order valence-electron chi connectivity index (χ0n) is 19.0. The summed E-state index contributed by atoms with van der Waals surface area (Å²) in [6, 6.07) is 18.7. The predicted molar refractivity (Wildman–Crippen MR) is 137 cm³/mol.